The number of alkyl halides is 1. The second-order valence-corrected chi connectivity index (χ2v) is 3.38. The average Bonchev–Trinajstić information content (AvgIpc) is 2.25. The van der Waals surface area contributed by atoms with Crippen molar-refractivity contribution in [2.24, 2.45) is 0 Å². The lowest BCUT2D eigenvalue weighted by atomic mass is 10.2. The van der Waals surface area contributed by atoms with Crippen LogP contribution in [0.5, 0.6) is 5.75 Å². The van der Waals surface area contributed by atoms with Gasteiger partial charge in [0.1, 0.15) is 5.75 Å². The van der Waals surface area contributed by atoms with Gasteiger partial charge in [-0.3, -0.25) is 0 Å². The van der Waals surface area contributed by atoms with Crippen molar-refractivity contribution in [1.29, 1.82) is 0 Å². The van der Waals surface area contributed by atoms with E-state index in [-0.39, 0.29) is 0 Å². The molecule has 0 saturated carbocycles. The first-order valence-corrected chi connectivity index (χ1v) is 5.27. The van der Waals surface area contributed by atoms with E-state index in [2.05, 4.69) is 12.2 Å². The maximum absolute atomic E-state index is 5.57. The lowest BCUT2D eigenvalue weighted by molar-refractivity contribution is 0.415. The summed E-state index contributed by atoms with van der Waals surface area (Å²) in [5.74, 6) is 1.62. The molecule has 2 heteroatoms. The number of hydrogen-bond acceptors (Lipinski definition) is 1. The summed E-state index contributed by atoms with van der Waals surface area (Å²) in [6, 6.07) is 7.99. The molecule has 0 aliphatic rings. The molecule has 0 N–H and O–H groups in total. The van der Waals surface area contributed by atoms with Crippen molar-refractivity contribution < 1.29 is 4.74 Å². The molecule has 0 spiro atoms. The number of allylic oxidation sites excluding steroid dienone is 1. The molecule has 0 aliphatic heterocycles. The molecule has 1 aromatic rings. The van der Waals surface area contributed by atoms with Crippen molar-refractivity contribution in [2.75, 3.05) is 13.0 Å². The maximum atomic E-state index is 5.57. The Kier molecular flexibility index (Phi) is 5.16. The van der Waals surface area contributed by atoms with Crippen LogP contribution in [0.25, 0.3) is 6.08 Å². The van der Waals surface area contributed by atoms with Gasteiger partial charge >= 0.3 is 0 Å². The molecule has 0 aliphatic carbocycles. The van der Waals surface area contributed by atoms with Gasteiger partial charge in [0.15, 0.2) is 0 Å². The van der Waals surface area contributed by atoms with Crippen molar-refractivity contribution in [1.82, 2.24) is 0 Å². The van der Waals surface area contributed by atoms with E-state index in [4.69, 9.17) is 16.3 Å². The third-order valence-corrected chi connectivity index (χ3v) is 2.20. The molecule has 0 bridgehead atoms. The number of unbranched alkanes of at least 4 members (excludes halogenated alkanes) is 1. The minimum atomic E-state index is 0.729. The molecule has 0 heterocycles. The van der Waals surface area contributed by atoms with Gasteiger partial charge in [-0.05, 0) is 30.5 Å². The van der Waals surface area contributed by atoms with E-state index in [0.717, 1.165) is 24.5 Å². The second-order valence-electron chi connectivity index (χ2n) is 3.01. The van der Waals surface area contributed by atoms with Crippen LogP contribution in [0.3, 0.4) is 0 Å². The SMILES string of the molecule is COc1ccc(/C=C\CCCCl)cc1. The van der Waals surface area contributed by atoms with Gasteiger partial charge in [0.25, 0.3) is 0 Å². The molecule has 76 valence electrons. The van der Waals surface area contributed by atoms with Crippen LogP contribution in [-0.4, -0.2) is 13.0 Å². The van der Waals surface area contributed by atoms with Crippen molar-refractivity contribution in [3.8, 4) is 5.75 Å². The van der Waals surface area contributed by atoms with Gasteiger partial charge in [0, 0.05) is 5.88 Å². The van der Waals surface area contributed by atoms with Crippen molar-refractivity contribution in [2.45, 2.75) is 12.8 Å². The van der Waals surface area contributed by atoms with Crippen LogP contribution in [0.1, 0.15) is 18.4 Å². The van der Waals surface area contributed by atoms with Gasteiger partial charge in [0.2, 0.25) is 0 Å². The second kappa shape index (κ2) is 6.50. The fraction of sp³-hybridized carbons (Fsp3) is 0.333. The predicted octanol–water partition coefficient (Wildman–Crippen LogP) is 3.73. The summed E-state index contributed by atoms with van der Waals surface area (Å²) >= 11 is 5.57. The summed E-state index contributed by atoms with van der Waals surface area (Å²) in [6.45, 7) is 0. The minimum absolute atomic E-state index is 0.729. The number of benzene rings is 1. The largest absolute Gasteiger partial charge is 0.497 e. The Morgan fingerprint density at radius 1 is 1.29 bits per heavy atom. The van der Waals surface area contributed by atoms with Crippen LogP contribution in [0.2, 0.25) is 0 Å². The number of hydrogen-bond donors (Lipinski definition) is 0. The summed E-state index contributed by atoms with van der Waals surface area (Å²) in [5.41, 5.74) is 1.19. The zero-order chi connectivity index (χ0) is 10.2. The fourth-order valence-electron chi connectivity index (χ4n) is 1.13. The smallest absolute Gasteiger partial charge is 0.118 e. The average molecular weight is 211 g/mol. The van der Waals surface area contributed by atoms with Crippen molar-refractivity contribution >= 4 is 17.7 Å². The Morgan fingerprint density at radius 2 is 2.00 bits per heavy atom. The molecule has 14 heavy (non-hydrogen) atoms. The molecule has 0 fully saturated rings. The quantitative estimate of drug-likeness (QED) is 0.532. The highest BCUT2D eigenvalue weighted by molar-refractivity contribution is 6.17. The predicted molar refractivity (Wildman–Crippen MR) is 62.0 cm³/mol. The van der Waals surface area contributed by atoms with Gasteiger partial charge in [-0.25, -0.2) is 0 Å². The first kappa shape index (κ1) is 11.1. The summed E-state index contributed by atoms with van der Waals surface area (Å²) in [6.07, 6.45) is 6.32. The van der Waals surface area contributed by atoms with E-state index in [1.165, 1.54) is 5.56 Å². The Morgan fingerprint density at radius 3 is 2.57 bits per heavy atom. The van der Waals surface area contributed by atoms with Gasteiger partial charge in [-0.15, -0.1) is 11.6 Å². The van der Waals surface area contributed by atoms with Gasteiger partial charge in [0.05, 0.1) is 7.11 Å². The summed E-state index contributed by atoms with van der Waals surface area (Å²) in [4.78, 5) is 0. The van der Waals surface area contributed by atoms with Crippen LogP contribution in [-0.2, 0) is 0 Å². The first-order chi connectivity index (χ1) is 6.86. The zero-order valence-electron chi connectivity index (χ0n) is 8.37. The molecule has 0 atom stereocenters. The molecule has 1 rings (SSSR count). The van der Waals surface area contributed by atoms with E-state index in [1.54, 1.807) is 7.11 Å². The number of methoxy groups -OCH3 is 1. The molecule has 0 unspecified atom stereocenters. The molecule has 0 saturated heterocycles. The van der Waals surface area contributed by atoms with Crippen LogP contribution in [0, 0.1) is 0 Å². The molecule has 1 aromatic carbocycles. The van der Waals surface area contributed by atoms with E-state index < -0.39 is 0 Å². The summed E-state index contributed by atoms with van der Waals surface area (Å²) < 4.78 is 5.07. The van der Waals surface area contributed by atoms with E-state index in [0.29, 0.717) is 0 Å². The fourth-order valence-corrected chi connectivity index (χ4v) is 1.28. The van der Waals surface area contributed by atoms with E-state index >= 15 is 0 Å². The van der Waals surface area contributed by atoms with Crippen LogP contribution >= 0.6 is 11.6 Å². The number of halogens is 1. The van der Waals surface area contributed by atoms with Gasteiger partial charge < -0.3 is 4.74 Å². The van der Waals surface area contributed by atoms with Crippen LogP contribution < -0.4 is 4.74 Å². The lowest BCUT2D eigenvalue weighted by Crippen LogP contribution is -1.81. The number of ether oxygens (including phenoxy) is 1. The standard InChI is InChI=1S/C12H15ClO/c1-14-12-8-6-11(7-9-12)5-3-2-4-10-13/h3,5-9H,2,4,10H2,1H3/b5-3-. The topological polar surface area (TPSA) is 9.23 Å². The van der Waals surface area contributed by atoms with E-state index in [1.807, 2.05) is 24.3 Å². The Bertz CT molecular complexity index is 277. The highest BCUT2D eigenvalue weighted by atomic mass is 35.5. The highest BCUT2D eigenvalue weighted by Crippen LogP contribution is 2.12. The molecule has 0 amide bonds. The van der Waals surface area contributed by atoms with Crippen molar-refractivity contribution in [3.63, 3.8) is 0 Å². The van der Waals surface area contributed by atoms with E-state index in [9.17, 15) is 0 Å². The molecule has 1 nitrogen and oxygen atoms in total. The first-order valence-electron chi connectivity index (χ1n) is 4.73. The molecular formula is C12H15ClO. The highest BCUT2D eigenvalue weighted by Gasteiger charge is 1.89. The summed E-state index contributed by atoms with van der Waals surface area (Å²) in [7, 11) is 1.67. The van der Waals surface area contributed by atoms with Gasteiger partial charge in [-0.1, -0.05) is 24.3 Å². The number of rotatable bonds is 5. The Labute approximate surface area is 90.3 Å². The molecule has 0 radical (unpaired) electrons. The molecule has 0 aromatic heterocycles. The summed E-state index contributed by atoms with van der Waals surface area (Å²) in [5, 5.41) is 0. The Balaban J connectivity index is 2.47. The normalized spacial score (nSPS) is 10.7. The maximum Gasteiger partial charge on any atom is 0.118 e. The third kappa shape index (κ3) is 3.84. The van der Waals surface area contributed by atoms with Crippen LogP contribution in [0.15, 0.2) is 30.3 Å². The zero-order valence-corrected chi connectivity index (χ0v) is 9.13. The van der Waals surface area contributed by atoms with Crippen molar-refractivity contribution in [3.05, 3.63) is 35.9 Å². The minimum Gasteiger partial charge on any atom is -0.497 e. The lowest BCUT2D eigenvalue weighted by Gasteiger charge is -1.98. The Hall–Kier alpha value is -0.950. The van der Waals surface area contributed by atoms with Gasteiger partial charge in [-0.2, -0.15) is 0 Å². The third-order valence-electron chi connectivity index (χ3n) is 1.93. The monoisotopic (exact) mass is 210 g/mol. The molecular weight excluding hydrogens is 196 g/mol. The van der Waals surface area contributed by atoms with Crippen LogP contribution in [0.4, 0.5) is 0 Å².